The first kappa shape index (κ1) is 19.9. The van der Waals surface area contributed by atoms with Crippen LogP contribution in [-0.2, 0) is 0 Å². The van der Waals surface area contributed by atoms with Crippen LogP contribution in [0, 0.1) is 0 Å². The number of hydrogen-bond donors (Lipinski definition) is 2. The highest BCUT2D eigenvalue weighted by Crippen LogP contribution is 2.31. The Balaban J connectivity index is 1.80. The quantitative estimate of drug-likeness (QED) is 0.792. The monoisotopic (exact) mass is 391 g/mol. The molecule has 1 amide bonds. The second-order valence-corrected chi connectivity index (χ2v) is 8.47. The van der Waals surface area contributed by atoms with E-state index in [0.717, 1.165) is 32.5 Å². The molecule has 2 N–H and O–H groups in total. The molecule has 0 atom stereocenters. The molecule has 2 aromatic rings. The van der Waals surface area contributed by atoms with Crippen LogP contribution in [0.15, 0.2) is 16.2 Å². The summed E-state index contributed by atoms with van der Waals surface area (Å²) in [7, 11) is 0. The van der Waals surface area contributed by atoms with Crippen LogP contribution in [0.1, 0.15) is 62.9 Å². The second kappa shape index (κ2) is 8.44. The Hall–Kier alpha value is -1.86. The van der Waals surface area contributed by atoms with Gasteiger partial charge in [-0.05, 0) is 51.1 Å². The van der Waals surface area contributed by atoms with Crippen molar-refractivity contribution in [2.24, 2.45) is 0 Å². The topological polar surface area (TPSA) is 74.6 Å². The van der Waals surface area contributed by atoms with E-state index in [9.17, 15) is 14.7 Å². The Kier molecular flexibility index (Phi) is 6.22. The number of nitrogens with zero attached hydrogens (tertiary/aromatic N) is 2. The summed E-state index contributed by atoms with van der Waals surface area (Å²) >= 11 is 1.40. The van der Waals surface area contributed by atoms with Crippen LogP contribution in [0.3, 0.4) is 0 Å². The standard InChI is InChI=1S/C20H29N3O3S/c1-4-5-9-22-10-6-14(7-11-22)21-18(25)16-17(24)15-8-12-27-20(15)23(13(2)3)19(16)26/h8,12-14,24H,4-7,9-11H2,1-3H3,(H,21,25). The van der Waals surface area contributed by atoms with Crippen molar-refractivity contribution in [2.75, 3.05) is 19.6 Å². The molecule has 7 heteroatoms. The Morgan fingerprint density at radius 1 is 1.37 bits per heavy atom. The summed E-state index contributed by atoms with van der Waals surface area (Å²) in [6.07, 6.45) is 4.12. The van der Waals surface area contributed by atoms with Gasteiger partial charge in [0.1, 0.15) is 16.1 Å². The molecule has 3 rings (SSSR count). The zero-order valence-corrected chi connectivity index (χ0v) is 17.1. The zero-order valence-electron chi connectivity index (χ0n) is 16.3. The lowest BCUT2D eigenvalue weighted by Crippen LogP contribution is -2.46. The number of unbranched alkanes of at least 4 members (excludes halogenated alkanes) is 1. The van der Waals surface area contributed by atoms with Crippen LogP contribution in [0.4, 0.5) is 0 Å². The molecule has 0 spiro atoms. The molecule has 0 bridgehead atoms. The maximum atomic E-state index is 12.9. The predicted molar refractivity (Wildman–Crippen MR) is 110 cm³/mol. The Morgan fingerprint density at radius 3 is 2.70 bits per heavy atom. The first-order chi connectivity index (χ1) is 12.9. The maximum Gasteiger partial charge on any atom is 0.268 e. The third-order valence-electron chi connectivity index (χ3n) is 5.28. The molecular weight excluding hydrogens is 362 g/mol. The fraction of sp³-hybridized carbons (Fsp3) is 0.600. The van der Waals surface area contributed by atoms with Crippen LogP contribution in [0.2, 0.25) is 0 Å². The summed E-state index contributed by atoms with van der Waals surface area (Å²) in [4.78, 5) is 28.9. The number of aromatic nitrogens is 1. The molecule has 148 valence electrons. The zero-order chi connectivity index (χ0) is 19.6. The minimum atomic E-state index is -0.466. The molecule has 0 unspecified atom stereocenters. The van der Waals surface area contributed by atoms with Gasteiger partial charge in [-0.25, -0.2) is 0 Å². The summed E-state index contributed by atoms with van der Waals surface area (Å²) < 4.78 is 1.60. The highest BCUT2D eigenvalue weighted by molar-refractivity contribution is 7.16. The average Bonchev–Trinajstić information content (AvgIpc) is 3.10. The van der Waals surface area contributed by atoms with Crippen LogP contribution in [0.25, 0.3) is 10.2 Å². The molecule has 0 radical (unpaired) electrons. The summed E-state index contributed by atoms with van der Waals surface area (Å²) in [5.41, 5.74) is -0.557. The van der Waals surface area contributed by atoms with Crippen molar-refractivity contribution < 1.29 is 9.90 Å². The Labute approximate surface area is 163 Å². The van der Waals surface area contributed by atoms with Crippen LogP contribution < -0.4 is 10.9 Å². The normalized spacial score (nSPS) is 16.3. The number of fused-ring (bicyclic) bond motifs is 1. The number of likely N-dealkylation sites (tertiary alicyclic amines) is 1. The van der Waals surface area contributed by atoms with Crippen LogP contribution in [-0.4, -0.2) is 46.2 Å². The SMILES string of the molecule is CCCCN1CCC(NC(=O)c2c(O)c3ccsc3n(C(C)C)c2=O)CC1. The number of rotatable bonds is 6. The van der Waals surface area contributed by atoms with E-state index in [1.165, 1.54) is 24.2 Å². The molecule has 1 aliphatic heterocycles. The molecule has 2 aromatic heterocycles. The van der Waals surface area contributed by atoms with E-state index in [-0.39, 0.29) is 23.4 Å². The number of nitrogens with one attached hydrogen (secondary N) is 1. The minimum Gasteiger partial charge on any atom is -0.506 e. The van der Waals surface area contributed by atoms with Crippen molar-refractivity contribution in [1.29, 1.82) is 0 Å². The fourth-order valence-corrected chi connectivity index (χ4v) is 4.76. The number of pyridine rings is 1. The van der Waals surface area contributed by atoms with Gasteiger partial charge >= 0.3 is 0 Å². The Morgan fingerprint density at radius 2 is 2.07 bits per heavy atom. The summed E-state index contributed by atoms with van der Waals surface area (Å²) in [5, 5.41) is 16.0. The number of amides is 1. The van der Waals surface area contributed by atoms with Gasteiger partial charge in [0.15, 0.2) is 0 Å². The van der Waals surface area contributed by atoms with E-state index >= 15 is 0 Å². The van der Waals surface area contributed by atoms with Crippen molar-refractivity contribution in [2.45, 2.75) is 58.5 Å². The number of carbonyl (C=O) groups is 1. The summed E-state index contributed by atoms with van der Waals surface area (Å²) in [6.45, 7) is 9.02. The van der Waals surface area contributed by atoms with Crippen LogP contribution in [0.5, 0.6) is 5.75 Å². The number of aromatic hydroxyl groups is 1. The lowest BCUT2D eigenvalue weighted by Gasteiger charge is -2.32. The highest BCUT2D eigenvalue weighted by Gasteiger charge is 2.27. The molecular formula is C20H29N3O3S. The summed E-state index contributed by atoms with van der Waals surface area (Å²) in [5.74, 6) is -0.668. The third kappa shape index (κ3) is 4.04. The molecule has 1 fully saturated rings. The molecule has 27 heavy (non-hydrogen) atoms. The number of piperidine rings is 1. The molecule has 0 aliphatic carbocycles. The van der Waals surface area contributed by atoms with Gasteiger partial charge in [0.05, 0.1) is 5.39 Å². The molecule has 1 aliphatic rings. The van der Waals surface area contributed by atoms with E-state index in [1.807, 2.05) is 19.2 Å². The third-order valence-corrected chi connectivity index (χ3v) is 6.19. The van der Waals surface area contributed by atoms with Crippen molar-refractivity contribution in [3.63, 3.8) is 0 Å². The molecule has 3 heterocycles. The smallest absolute Gasteiger partial charge is 0.268 e. The van der Waals surface area contributed by atoms with E-state index in [2.05, 4.69) is 17.1 Å². The lowest BCUT2D eigenvalue weighted by atomic mass is 10.0. The van der Waals surface area contributed by atoms with Gasteiger partial charge in [0.2, 0.25) is 0 Å². The maximum absolute atomic E-state index is 12.9. The van der Waals surface area contributed by atoms with Gasteiger partial charge in [0.25, 0.3) is 11.5 Å². The highest BCUT2D eigenvalue weighted by atomic mass is 32.1. The van der Waals surface area contributed by atoms with Gasteiger partial charge in [-0.1, -0.05) is 13.3 Å². The predicted octanol–water partition coefficient (Wildman–Crippen LogP) is 3.34. The van der Waals surface area contributed by atoms with Crippen molar-refractivity contribution >= 4 is 27.5 Å². The molecule has 1 saturated heterocycles. The van der Waals surface area contributed by atoms with Crippen molar-refractivity contribution in [1.82, 2.24) is 14.8 Å². The van der Waals surface area contributed by atoms with Gasteiger partial charge < -0.3 is 15.3 Å². The lowest BCUT2D eigenvalue weighted by molar-refractivity contribution is 0.0906. The van der Waals surface area contributed by atoms with E-state index in [0.29, 0.717) is 10.2 Å². The molecule has 6 nitrogen and oxygen atoms in total. The first-order valence-electron chi connectivity index (χ1n) is 9.81. The number of hydrogen-bond acceptors (Lipinski definition) is 5. The summed E-state index contributed by atoms with van der Waals surface area (Å²) in [6, 6.07) is 1.71. The van der Waals surface area contributed by atoms with Crippen molar-refractivity contribution in [3.05, 3.63) is 27.4 Å². The molecule has 0 saturated carbocycles. The largest absolute Gasteiger partial charge is 0.506 e. The van der Waals surface area contributed by atoms with Gasteiger partial charge in [-0.3, -0.25) is 14.2 Å². The fourth-order valence-electron chi connectivity index (χ4n) is 3.73. The van der Waals surface area contributed by atoms with E-state index in [1.54, 1.807) is 10.6 Å². The van der Waals surface area contributed by atoms with Crippen LogP contribution >= 0.6 is 11.3 Å². The van der Waals surface area contributed by atoms with E-state index < -0.39 is 11.5 Å². The number of thiophene rings is 1. The van der Waals surface area contributed by atoms with Gasteiger partial charge in [-0.2, -0.15) is 0 Å². The van der Waals surface area contributed by atoms with Gasteiger partial charge in [-0.15, -0.1) is 11.3 Å². The van der Waals surface area contributed by atoms with Crippen molar-refractivity contribution in [3.8, 4) is 5.75 Å². The first-order valence-corrected chi connectivity index (χ1v) is 10.7. The van der Waals surface area contributed by atoms with Gasteiger partial charge in [0, 0.05) is 25.2 Å². The minimum absolute atomic E-state index is 0.0415. The Bertz CT molecular complexity index is 863. The second-order valence-electron chi connectivity index (χ2n) is 7.57. The van der Waals surface area contributed by atoms with E-state index in [4.69, 9.17) is 0 Å². The average molecular weight is 392 g/mol. The molecule has 0 aromatic carbocycles. The number of carbonyl (C=O) groups excluding carboxylic acids is 1.